The highest BCUT2D eigenvalue weighted by atomic mass is 79.9. The van der Waals surface area contributed by atoms with Crippen molar-refractivity contribution in [3.8, 4) is 0 Å². The number of aromatic nitrogens is 1. The van der Waals surface area contributed by atoms with Crippen molar-refractivity contribution >= 4 is 38.4 Å². The van der Waals surface area contributed by atoms with Gasteiger partial charge >= 0.3 is 0 Å². The lowest BCUT2D eigenvalue weighted by Gasteiger charge is -2.28. The van der Waals surface area contributed by atoms with E-state index in [0.717, 1.165) is 47.4 Å². The Kier molecular flexibility index (Phi) is 5.22. The van der Waals surface area contributed by atoms with Gasteiger partial charge in [-0.05, 0) is 70.6 Å². The average molecular weight is 459 g/mol. The maximum Gasteiger partial charge on any atom is 0.253 e. The Morgan fingerprint density at radius 1 is 1.31 bits per heavy atom. The number of likely N-dealkylation sites (tertiary alicyclic amines) is 1. The molecule has 29 heavy (non-hydrogen) atoms. The molecule has 1 amide bonds. The number of piperidine rings is 1. The van der Waals surface area contributed by atoms with Gasteiger partial charge in [0.1, 0.15) is 0 Å². The third-order valence-electron chi connectivity index (χ3n) is 6.93. The molecule has 2 aromatic rings. The first-order valence-corrected chi connectivity index (χ1v) is 11.3. The van der Waals surface area contributed by atoms with Crippen LogP contribution in [0.25, 0.3) is 10.9 Å². The molecular weight excluding hydrogens is 432 g/mol. The van der Waals surface area contributed by atoms with Gasteiger partial charge in [0, 0.05) is 55.4 Å². The summed E-state index contributed by atoms with van der Waals surface area (Å²) in [6.45, 7) is 6.17. The number of carbonyl (C=O) groups is 1. The van der Waals surface area contributed by atoms with Crippen LogP contribution in [0, 0.1) is 23.7 Å². The van der Waals surface area contributed by atoms with Crippen LogP contribution in [-0.4, -0.2) is 55.2 Å². The zero-order valence-electron chi connectivity index (χ0n) is 16.4. The molecule has 0 bridgehead atoms. The van der Waals surface area contributed by atoms with E-state index in [4.69, 9.17) is 10.5 Å². The Hall–Kier alpha value is -1.70. The van der Waals surface area contributed by atoms with Crippen molar-refractivity contribution in [2.45, 2.75) is 12.8 Å². The van der Waals surface area contributed by atoms with Gasteiger partial charge < -0.3 is 20.7 Å². The van der Waals surface area contributed by atoms with Gasteiger partial charge in [-0.3, -0.25) is 9.78 Å². The van der Waals surface area contributed by atoms with Crippen molar-refractivity contribution in [1.29, 1.82) is 0 Å². The summed E-state index contributed by atoms with van der Waals surface area (Å²) in [6.07, 6.45) is 4.10. The summed E-state index contributed by atoms with van der Waals surface area (Å²) >= 11 is 3.47. The molecule has 1 aliphatic carbocycles. The first kappa shape index (κ1) is 19.3. The zero-order valence-corrected chi connectivity index (χ0v) is 18.0. The summed E-state index contributed by atoms with van der Waals surface area (Å²) in [6, 6.07) is 5.52. The number of benzene rings is 1. The number of nitrogens with two attached hydrogens (primary N) is 1. The van der Waals surface area contributed by atoms with Crippen molar-refractivity contribution in [3.05, 3.63) is 34.4 Å². The van der Waals surface area contributed by atoms with Gasteiger partial charge in [-0.25, -0.2) is 0 Å². The first-order chi connectivity index (χ1) is 14.1. The average Bonchev–Trinajstić information content (AvgIpc) is 3.20. The fourth-order valence-electron chi connectivity index (χ4n) is 5.20. The molecule has 0 radical (unpaired) electrons. The summed E-state index contributed by atoms with van der Waals surface area (Å²) in [4.78, 5) is 19.9. The smallest absolute Gasteiger partial charge is 0.253 e. The summed E-state index contributed by atoms with van der Waals surface area (Å²) in [5, 5.41) is 3.95. The molecule has 1 aromatic carbocycles. The van der Waals surface area contributed by atoms with Gasteiger partial charge in [0.25, 0.3) is 5.91 Å². The lowest BCUT2D eigenvalue weighted by Crippen LogP contribution is -2.34. The van der Waals surface area contributed by atoms with E-state index in [-0.39, 0.29) is 5.91 Å². The molecule has 5 rings (SSSR count). The predicted octanol–water partition coefficient (Wildman–Crippen LogP) is 2.91. The molecule has 6 nitrogen and oxygen atoms in total. The Morgan fingerprint density at radius 3 is 2.83 bits per heavy atom. The van der Waals surface area contributed by atoms with Crippen LogP contribution >= 0.6 is 15.9 Å². The molecule has 2 unspecified atom stereocenters. The monoisotopic (exact) mass is 458 g/mol. The van der Waals surface area contributed by atoms with E-state index in [9.17, 15) is 4.79 Å². The van der Waals surface area contributed by atoms with Crippen LogP contribution in [0.3, 0.4) is 0 Å². The molecule has 3 N–H and O–H groups in total. The number of carbonyl (C=O) groups excluding carboxylic acids is 1. The first-order valence-electron chi connectivity index (χ1n) is 10.5. The minimum atomic E-state index is -0.0709. The van der Waals surface area contributed by atoms with Crippen LogP contribution in [-0.2, 0) is 4.74 Å². The van der Waals surface area contributed by atoms with Gasteiger partial charge in [-0.15, -0.1) is 0 Å². The molecule has 0 spiro atoms. The number of nitrogens with zero attached hydrogens (tertiary/aromatic N) is 2. The van der Waals surface area contributed by atoms with Crippen LogP contribution in [0.1, 0.15) is 23.2 Å². The number of nitrogen functional groups attached to an aromatic ring is 1. The SMILES string of the molecule is Nc1c(Br)cc(C(=O)NCC2C3CN(CC4CCOCC4)CC23)c2ncccc12. The third kappa shape index (κ3) is 3.76. The van der Waals surface area contributed by atoms with Crippen molar-refractivity contribution in [3.63, 3.8) is 0 Å². The second kappa shape index (κ2) is 7.85. The molecule has 1 saturated carbocycles. The Bertz CT molecular complexity index is 918. The van der Waals surface area contributed by atoms with E-state index in [0.29, 0.717) is 22.7 Å². The fourth-order valence-corrected chi connectivity index (χ4v) is 5.64. The molecule has 154 valence electrons. The van der Waals surface area contributed by atoms with Gasteiger partial charge in [0.15, 0.2) is 0 Å². The zero-order chi connectivity index (χ0) is 20.0. The van der Waals surface area contributed by atoms with Gasteiger partial charge in [0.2, 0.25) is 0 Å². The molecular formula is C22H27BrN4O2. The molecule has 2 aliphatic heterocycles. The number of hydrogen-bond acceptors (Lipinski definition) is 5. The molecule has 1 aromatic heterocycles. The molecule has 3 fully saturated rings. The largest absolute Gasteiger partial charge is 0.397 e. The van der Waals surface area contributed by atoms with E-state index in [1.165, 1.54) is 32.5 Å². The van der Waals surface area contributed by atoms with E-state index < -0.39 is 0 Å². The van der Waals surface area contributed by atoms with E-state index in [1.54, 1.807) is 12.3 Å². The van der Waals surface area contributed by atoms with Gasteiger partial charge in [-0.2, -0.15) is 0 Å². The van der Waals surface area contributed by atoms with Gasteiger partial charge in [0.05, 0.1) is 16.8 Å². The standard InChI is InChI=1S/C22H27BrN4O2/c23-19-8-15(21-14(20(19)24)2-1-5-25-21)22(28)26-9-16-17-11-27(12-18(16)17)10-13-3-6-29-7-4-13/h1-2,5,8,13,16-18H,3-4,6-7,9-12,24H2,(H,26,28). The van der Waals surface area contributed by atoms with Crippen molar-refractivity contribution < 1.29 is 9.53 Å². The van der Waals surface area contributed by atoms with Crippen LogP contribution in [0.15, 0.2) is 28.9 Å². The highest BCUT2D eigenvalue weighted by Crippen LogP contribution is 2.51. The normalized spacial score (nSPS) is 27.1. The number of rotatable bonds is 5. The summed E-state index contributed by atoms with van der Waals surface area (Å²) in [5.74, 6) is 2.82. The molecule has 2 atom stereocenters. The number of pyridine rings is 1. The number of anilines is 1. The minimum Gasteiger partial charge on any atom is -0.397 e. The maximum atomic E-state index is 12.9. The molecule has 3 heterocycles. The second-order valence-electron chi connectivity index (χ2n) is 8.70. The topological polar surface area (TPSA) is 80.5 Å². The van der Waals surface area contributed by atoms with Crippen molar-refractivity contribution in [2.75, 3.05) is 45.1 Å². The fraction of sp³-hybridized carbons (Fsp3) is 0.545. The molecule has 7 heteroatoms. The number of hydrogen-bond donors (Lipinski definition) is 2. The van der Waals surface area contributed by atoms with Crippen LogP contribution in [0.4, 0.5) is 5.69 Å². The summed E-state index contributed by atoms with van der Waals surface area (Å²) in [7, 11) is 0. The lowest BCUT2D eigenvalue weighted by molar-refractivity contribution is 0.0535. The highest BCUT2D eigenvalue weighted by molar-refractivity contribution is 9.10. The number of amides is 1. The third-order valence-corrected chi connectivity index (χ3v) is 7.58. The number of fused-ring (bicyclic) bond motifs is 2. The number of halogens is 1. The Labute approximate surface area is 179 Å². The van der Waals surface area contributed by atoms with Gasteiger partial charge in [-0.1, -0.05) is 0 Å². The lowest BCUT2D eigenvalue weighted by atomic mass is 9.99. The van der Waals surface area contributed by atoms with Crippen molar-refractivity contribution in [2.24, 2.45) is 23.7 Å². The maximum absolute atomic E-state index is 12.9. The Morgan fingerprint density at radius 2 is 2.07 bits per heavy atom. The molecule has 3 aliphatic rings. The van der Waals surface area contributed by atoms with E-state index in [2.05, 4.69) is 31.1 Å². The van der Waals surface area contributed by atoms with Crippen LogP contribution in [0.5, 0.6) is 0 Å². The van der Waals surface area contributed by atoms with Crippen LogP contribution in [0.2, 0.25) is 0 Å². The van der Waals surface area contributed by atoms with E-state index >= 15 is 0 Å². The summed E-state index contributed by atoms with van der Waals surface area (Å²) < 4.78 is 6.20. The number of ether oxygens (including phenoxy) is 1. The molecule has 2 saturated heterocycles. The number of nitrogens with one attached hydrogen (secondary N) is 1. The second-order valence-corrected chi connectivity index (χ2v) is 9.55. The van der Waals surface area contributed by atoms with E-state index in [1.807, 2.05) is 12.1 Å². The Balaban J connectivity index is 1.16. The predicted molar refractivity (Wildman–Crippen MR) is 117 cm³/mol. The summed E-state index contributed by atoms with van der Waals surface area (Å²) in [5.41, 5.74) is 7.98. The van der Waals surface area contributed by atoms with Crippen molar-refractivity contribution in [1.82, 2.24) is 15.2 Å². The quantitative estimate of drug-likeness (QED) is 0.673. The minimum absolute atomic E-state index is 0.0709. The van der Waals surface area contributed by atoms with Crippen LogP contribution < -0.4 is 11.1 Å². The highest BCUT2D eigenvalue weighted by Gasteiger charge is 2.55.